The van der Waals surface area contributed by atoms with E-state index < -0.39 is 0 Å². The summed E-state index contributed by atoms with van der Waals surface area (Å²) in [5, 5.41) is 3.39. The first-order valence-corrected chi connectivity index (χ1v) is 4.70. The fourth-order valence-corrected chi connectivity index (χ4v) is 1.84. The van der Waals surface area contributed by atoms with Crippen LogP contribution in [0.15, 0.2) is 30.3 Å². The lowest BCUT2D eigenvalue weighted by Gasteiger charge is -2.06. The maximum absolute atomic E-state index is 3.39. The smallest absolute Gasteiger partial charge is 0.00169 e. The van der Waals surface area contributed by atoms with Crippen LogP contribution < -0.4 is 5.32 Å². The normalized spacial score (nSPS) is 22.8. The lowest BCUT2D eigenvalue weighted by molar-refractivity contribution is 0.580. The molecular formula is C11H15N. The van der Waals surface area contributed by atoms with Gasteiger partial charge in [-0.15, -0.1) is 0 Å². The Morgan fingerprint density at radius 2 is 2.08 bits per heavy atom. The molecule has 1 aromatic carbocycles. The Morgan fingerprint density at radius 1 is 1.25 bits per heavy atom. The van der Waals surface area contributed by atoms with Gasteiger partial charge >= 0.3 is 0 Å². The molecule has 0 radical (unpaired) electrons. The van der Waals surface area contributed by atoms with Crippen LogP contribution in [0.25, 0.3) is 0 Å². The Balaban J connectivity index is 1.94. The highest BCUT2D eigenvalue weighted by Crippen LogP contribution is 2.14. The Kier molecular flexibility index (Phi) is 2.42. The molecule has 1 fully saturated rings. The molecule has 0 aromatic heterocycles. The van der Waals surface area contributed by atoms with Crippen LogP contribution in [0.4, 0.5) is 0 Å². The number of benzene rings is 1. The van der Waals surface area contributed by atoms with Crippen LogP contribution in [0.1, 0.15) is 12.0 Å². The molecule has 1 aliphatic rings. The largest absolute Gasteiger partial charge is 0.316 e. The Morgan fingerprint density at radius 3 is 2.75 bits per heavy atom. The molecule has 1 aliphatic heterocycles. The maximum atomic E-state index is 3.39. The van der Waals surface area contributed by atoms with Crippen molar-refractivity contribution in [1.82, 2.24) is 5.32 Å². The van der Waals surface area contributed by atoms with Crippen LogP contribution in [0, 0.1) is 5.92 Å². The van der Waals surface area contributed by atoms with Crippen molar-refractivity contribution in [3.63, 3.8) is 0 Å². The minimum Gasteiger partial charge on any atom is -0.316 e. The third kappa shape index (κ3) is 1.86. The fraction of sp³-hybridized carbons (Fsp3) is 0.455. The van der Waals surface area contributed by atoms with Gasteiger partial charge in [-0.3, -0.25) is 0 Å². The van der Waals surface area contributed by atoms with Crippen molar-refractivity contribution in [3.05, 3.63) is 35.9 Å². The van der Waals surface area contributed by atoms with Crippen molar-refractivity contribution in [2.75, 3.05) is 13.1 Å². The van der Waals surface area contributed by atoms with Gasteiger partial charge in [-0.1, -0.05) is 30.3 Å². The molecular weight excluding hydrogens is 146 g/mol. The minimum atomic E-state index is 0.868. The summed E-state index contributed by atoms with van der Waals surface area (Å²) in [5.41, 5.74) is 1.48. The van der Waals surface area contributed by atoms with Crippen LogP contribution in [0.2, 0.25) is 0 Å². The van der Waals surface area contributed by atoms with Gasteiger partial charge in [0.25, 0.3) is 0 Å². The van der Waals surface area contributed by atoms with Gasteiger partial charge in [0.15, 0.2) is 0 Å². The van der Waals surface area contributed by atoms with Crippen molar-refractivity contribution >= 4 is 0 Å². The molecule has 1 heterocycles. The van der Waals surface area contributed by atoms with Crippen LogP contribution in [-0.2, 0) is 6.42 Å². The number of rotatable bonds is 2. The summed E-state index contributed by atoms with van der Waals surface area (Å²) >= 11 is 0. The third-order valence-electron chi connectivity index (χ3n) is 2.53. The van der Waals surface area contributed by atoms with Gasteiger partial charge in [0.1, 0.15) is 0 Å². The highest BCUT2D eigenvalue weighted by atomic mass is 14.9. The average Bonchev–Trinajstić information content (AvgIpc) is 2.59. The zero-order valence-corrected chi connectivity index (χ0v) is 7.29. The van der Waals surface area contributed by atoms with E-state index in [0.717, 1.165) is 5.92 Å². The first kappa shape index (κ1) is 7.81. The number of hydrogen-bond acceptors (Lipinski definition) is 1. The van der Waals surface area contributed by atoms with E-state index >= 15 is 0 Å². The Hall–Kier alpha value is -0.820. The van der Waals surface area contributed by atoms with Crippen LogP contribution >= 0.6 is 0 Å². The molecule has 1 aromatic rings. The molecule has 0 unspecified atom stereocenters. The van der Waals surface area contributed by atoms with Crippen molar-refractivity contribution in [2.45, 2.75) is 12.8 Å². The van der Waals surface area contributed by atoms with Gasteiger partial charge in [0.2, 0.25) is 0 Å². The molecule has 1 atom stereocenters. The van der Waals surface area contributed by atoms with Crippen molar-refractivity contribution in [3.8, 4) is 0 Å². The van der Waals surface area contributed by atoms with E-state index in [4.69, 9.17) is 0 Å². The first-order chi connectivity index (χ1) is 5.95. The summed E-state index contributed by atoms with van der Waals surface area (Å²) in [5.74, 6) is 0.868. The van der Waals surface area contributed by atoms with Gasteiger partial charge in [-0.2, -0.15) is 0 Å². The van der Waals surface area contributed by atoms with E-state index in [2.05, 4.69) is 35.6 Å². The molecule has 1 N–H and O–H groups in total. The summed E-state index contributed by atoms with van der Waals surface area (Å²) in [4.78, 5) is 0. The first-order valence-electron chi connectivity index (χ1n) is 4.70. The van der Waals surface area contributed by atoms with E-state index in [1.54, 1.807) is 0 Å². The van der Waals surface area contributed by atoms with Crippen molar-refractivity contribution in [2.24, 2.45) is 5.92 Å². The number of hydrogen-bond donors (Lipinski definition) is 1. The maximum Gasteiger partial charge on any atom is -0.00169 e. The summed E-state index contributed by atoms with van der Waals surface area (Å²) in [6.45, 7) is 2.41. The third-order valence-corrected chi connectivity index (χ3v) is 2.53. The second-order valence-corrected chi connectivity index (χ2v) is 3.55. The topological polar surface area (TPSA) is 12.0 Å². The molecule has 12 heavy (non-hydrogen) atoms. The Bertz CT molecular complexity index is 224. The molecule has 0 spiro atoms. The van der Waals surface area contributed by atoms with Gasteiger partial charge in [-0.05, 0) is 37.4 Å². The van der Waals surface area contributed by atoms with Crippen molar-refractivity contribution < 1.29 is 0 Å². The summed E-state index contributed by atoms with van der Waals surface area (Å²) < 4.78 is 0. The predicted molar refractivity (Wildman–Crippen MR) is 51.1 cm³/mol. The molecule has 1 heteroatoms. The molecule has 0 amide bonds. The Labute approximate surface area is 73.8 Å². The van der Waals surface area contributed by atoms with Crippen LogP contribution in [0.3, 0.4) is 0 Å². The van der Waals surface area contributed by atoms with Crippen molar-refractivity contribution in [1.29, 1.82) is 0 Å². The second-order valence-electron chi connectivity index (χ2n) is 3.55. The van der Waals surface area contributed by atoms with Gasteiger partial charge in [-0.25, -0.2) is 0 Å². The molecule has 64 valence electrons. The predicted octanol–water partition coefficient (Wildman–Crippen LogP) is 1.84. The lowest BCUT2D eigenvalue weighted by Crippen LogP contribution is -2.10. The highest BCUT2D eigenvalue weighted by Gasteiger charge is 2.13. The standard InChI is InChI=1S/C11H15N/c1-2-4-10(5-3-1)8-11-6-7-12-9-11/h1-5,11-12H,6-9H2/t11-/m0/s1. The zero-order valence-electron chi connectivity index (χ0n) is 7.29. The van der Waals surface area contributed by atoms with E-state index in [9.17, 15) is 0 Å². The quantitative estimate of drug-likeness (QED) is 0.698. The molecule has 1 nitrogen and oxygen atoms in total. The summed E-state index contributed by atoms with van der Waals surface area (Å²) in [6, 6.07) is 10.8. The zero-order chi connectivity index (χ0) is 8.23. The SMILES string of the molecule is c1ccc(C[C@@H]2CCNC2)cc1. The monoisotopic (exact) mass is 161 g/mol. The lowest BCUT2D eigenvalue weighted by atomic mass is 9.99. The summed E-state index contributed by atoms with van der Waals surface area (Å²) in [7, 11) is 0. The minimum absolute atomic E-state index is 0.868. The molecule has 0 aliphatic carbocycles. The summed E-state index contributed by atoms with van der Waals surface area (Å²) in [6.07, 6.45) is 2.59. The van der Waals surface area contributed by atoms with Gasteiger partial charge in [0.05, 0.1) is 0 Å². The van der Waals surface area contributed by atoms with Gasteiger partial charge in [0, 0.05) is 0 Å². The molecule has 0 bridgehead atoms. The van der Waals surface area contributed by atoms with Gasteiger partial charge < -0.3 is 5.32 Å². The second kappa shape index (κ2) is 3.72. The number of nitrogens with one attached hydrogen (secondary N) is 1. The molecule has 1 saturated heterocycles. The molecule has 2 rings (SSSR count). The van der Waals surface area contributed by atoms with E-state index in [1.165, 1.54) is 31.5 Å². The van der Waals surface area contributed by atoms with E-state index in [0.29, 0.717) is 0 Å². The van der Waals surface area contributed by atoms with Crippen LogP contribution in [-0.4, -0.2) is 13.1 Å². The van der Waals surface area contributed by atoms with E-state index in [-0.39, 0.29) is 0 Å². The van der Waals surface area contributed by atoms with Crippen LogP contribution in [0.5, 0.6) is 0 Å². The molecule has 0 saturated carbocycles. The van der Waals surface area contributed by atoms with E-state index in [1.807, 2.05) is 0 Å². The average molecular weight is 161 g/mol. The highest BCUT2D eigenvalue weighted by molar-refractivity contribution is 5.15. The fourth-order valence-electron chi connectivity index (χ4n) is 1.84.